The Bertz CT molecular complexity index is 916. The fourth-order valence-electron chi connectivity index (χ4n) is 3.16. The van der Waals surface area contributed by atoms with Crippen molar-refractivity contribution in [1.29, 1.82) is 0 Å². The van der Waals surface area contributed by atoms with Gasteiger partial charge in [0.25, 0.3) is 0 Å². The summed E-state index contributed by atoms with van der Waals surface area (Å²) in [7, 11) is -3.53. The Balaban J connectivity index is 1.76. The number of aryl methyl sites for hydroxylation is 1. The van der Waals surface area contributed by atoms with Crippen LogP contribution in [0.3, 0.4) is 0 Å². The maximum Gasteiger partial charge on any atom is 0.243 e. The van der Waals surface area contributed by atoms with Gasteiger partial charge in [0.2, 0.25) is 15.9 Å². The third-order valence-corrected chi connectivity index (χ3v) is 7.80. The number of benzene rings is 1. The smallest absolute Gasteiger partial charge is 0.243 e. The van der Waals surface area contributed by atoms with Crippen LogP contribution < -0.4 is 5.32 Å². The molecule has 1 N–H and O–H groups in total. The van der Waals surface area contributed by atoms with Gasteiger partial charge < -0.3 is 5.32 Å². The highest BCUT2D eigenvalue weighted by atomic mass is 32.2. The van der Waals surface area contributed by atoms with Gasteiger partial charge in [-0.2, -0.15) is 4.31 Å². The van der Waals surface area contributed by atoms with Crippen molar-refractivity contribution < 1.29 is 13.2 Å². The minimum absolute atomic E-state index is 0.0183. The lowest BCUT2D eigenvalue weighted by Gasteiger charge is -2.25. The van der Waals surface area contributed by atoms with Crippen LogP contribution in [0.5, 0.6) is 0 Å². The zero-order chi connectivity index (χ0) is 19.6. The van der Waals surface area contributed by atoms with E-state index in [1.807, 2.05) is 20.8 Å². The fourth-order valence-corrected chi connectivity index (χ4v) is 5.67. The van der Waals surface area contributed by atoms with E-state index in [1.165, 1.54) is 15.6 Å². The first-order valence-electron chi connectivity index (χ1n) is 9.21. The van der Waals surface area contributed by atoms with Crippen LogP contribution in [0, 0.1) is 12.8 Å². The van der Waals surface area contributed by atoms with Crippen molar-refractivity contribution in [2.45, 2.75) is 51.5 Å². The second-order valence-corrected chi connectivity index (χ2v) is 9.81. The number of fused-ring (bicyclic) bond motifs is 1. The summed E-state index contributed by atoms with van der Waals surface area (Å²) < 4.78 is 27.3. The summed E-state index contributed by atoms with van der Waals surface area (Å²) in [5.74, 6) is -0.0421. The number of carbonyl (C=O) groups is 1. The van der Waals surface area contributed by atoms with Crippen LogP contribution in [0.1, 0.15) is 42.8 Å². The van der Waals surface area contributed by atoms with Gasteiger partial charge in [0.1, 0.15) is 0 Å². The zero-order valence-corrected chi connectivity index (χ0v) is 17.5. The summed E-state index contributed by atoms with van der Waals surface area (Å²) in [4.78, 5) is 18.0. The lowest BCUT2D eigenvalue weighted by Crippen LogP contribution is -2.35. The lowest BCUT2D eigenvalue weighted by molar-refractivity contribution is -0.120. The molecule has 0 aliphatic carbocycles. The van der Waals surface area contributed by atoms with E-state index in [1.54, 1.807) is 24.3 Å². The molecular formula is C19H25N3O3S2. The van der Waals surface area contributed by atoms with Crippen LogP contribution >= 0.6 is 11.3 Å². The number of aromatic nitrogens is 1. The summed E-state index contributed by atoms with van der Waals surface area (Å²) >= 11 is 1.37. The average molecular weight is 408 g/mol. The Morgan fingerprint density at radius 3 is 2.56 bits per heavy atom. The Kier molecular flexibility index (Phi) is 5.98. The molecule has 0 atom stereocenters. The molecule has 1 aliphatic heterocycles. The number of nitrogens with one attached hydrogen (secondary N) is 1. The first kappa shape index (κ1) is 20.0. The molecule has 2 heterocycles. The van der Waals surface area contributed by atoms with E-state index in [-0.39, 0.29) is 11.8 Å². The first-order valence-corrected chi connectivity index (χ1v) is 11.5. The quantitative estimate of drug-likeness (QED) is 0.794. The van der Waals surface area contributed by atoms with Crippen molar-refractivity contribution in [3.8, 4) is 0 Å². The maximum atomic E-state index is 12.9. The number of nitrogens with zero attached hydrogens (tertiary/aromatic N) is 2. The van der Waals surface area contributed by atoms with Gasteiger partial charge in [-0.05, 0) is 31.9 Å². The molecule has 0 spiro atoms. The Morgan fingerprint density at radius 2 is 1.93 bits per heavy atom. The molecule has 3 rings (SSSR count). The zero-order valence-electron chi connectivity index (χ0n) is 15.9. The standard InChI is InChI=1S/C19H25N3O3S2/c1-4-14(5-2)18(23)21-19-20-16-10-11-22(12-17(16)26-19)27(24,25)15-8-6-13(3)7-9-15/h6-9,14H,4-5,10-12H2,1-3H3,(H,20,21,23). The van der Waals surface area contributed by atoms with Crippen molar-refractivity contribution in [1.82, 2.24) is 9.29 Å². The van der Waals surface area contributed by atoms with E-state index in [0.717, 1.165) is 29.0 Å². The van der Waals surface area contributed by atoms with Gasteiger partial charge in [-0.3, -0.25) is 4.79 Å². The molecule has 0 unspecified atom stereocenters. The number of thiazole rings is 1. The second kappa shape index (κ2) is 8.08. The number of sulfonamides is 1. The number of hydrogen-bond donors (Lipinski definition) is 1. The molecule has 6 nitrogen and oxygen atoms in total. The molecule has 0 fully saturated rings. The molecule has 1 aromatic carbocycles. The minimum Gasteiger partial charge on any atom is -0.302 e. The molecule has 146 valence electrons. The Hall–Kier alpha value is -1.77. The molecule has 0 saturated heterocycles. The molecule has 0 radical (unpaired) electrons. The predicted octanol–water partition coefficient (Wildman–Crippen LogP) is 3.57. The Morgan fingerprint density at radius 1 is 1.26 bits per heavy atom. The summed E-state index contributed by atoms with van der Waals surface area (Å²) in [6.45, 7) is 6.61. The lowest BCUT2D eigenvalue weighted by atomic mass is 10.0. The van der Waals surface area contributed by atoms with Crippen molar-refractivity contribution in [2.24, 2.45) is 5.92 Å². The number of hydrogen-bond acceptors (Lipinski definition) is 5. The summed E-state index contributed by atoms with van der Waals surface area (Å²) in [6.07, 6.45) is 2.13. The van der Waals surface area contributed by atoms with Crippen LogP contribution in [0.2, 0.25) is 0 Å². The first-order chi connectivity index (χ1) is 12.8. The van der Waals surface area contributed by atoms with Gasteiger partial charge in [0.05, 0.1) is 17.1 Å². The van der Waals surface area contributed by atoms with Crippen molar-refractivity contribution in [3.63, 3.8) is 0 Å². The van der Waals surface area contributed by atoms with E-state index in [4.69, 9.17) is 0 Å². The Labute approximate surface area is 164 Å². The highest BCUT2D eigenvalue weighted by Crippen LogP contribution is 2.31. The van der Waals surface area contributed by atoms with E-state index >= 15 is 0 Å². The summed E-state index contributed by atoms with van der Waals surface area (Å²) in [6, 6.07) is 6.91. The largest absolute Gasteiger partial charge is 0.302 e. The van der Waals surface area contributed by atoms with Gasteiger partial charge in [0, 0.05) is 23.8 Å². The van der Waals surface area contributed by atoms with Crippen LogP contribution in [0.4, 0.5) is 5.13 Å². The van der Waals surface area contributed by atoms with Crippen molar-refractivity contribution in [3.05, 3.63) is 40.4 Å². The number of anilines is 1. The minimum atomic E-state index is -3.53. The van der Waals surface area contributed by atoms with E-state index in [0.29, 0.717) is 29.5 Å². The predicted molar refractivity (Wildman–Crippen MR) is 107 cm³/mol. The number of carbonyl (C=O) groups excluding carboxylic acids is 1. The highest BCUT2D eigenvalue weighted by Gasteiger charge is 2.30. The molecular weight excluding hydrogens is 382 g/mol. The third-order valence-electron chi connectivity index (χ3n) is 4.94. The monoisotopic (exact) mass is 407 g/mol. The number of rotatable bonds is 6. The average Bonchev–Trinajstić information content (AvgIpc) is 3.04. The fraction of sp³-hybridized carbons (Fsp3) is 0.474. The van der Waals surface area contributed by atoms with Crippen LogP contribution in [-0.2, 0) is 27.8 Å². The third kappa shape index (κ3) is 4.23. The SMILES string of the molecule is CCC(CC)C(=O)Nc1nc2c(s1)CN(S(=O)(=O)c1ccc(C)cc1)CC2. The summed E-state index contributed by atoms with van der Waals surface area (Å²) in [5, 5.41) is 3.45. The van der Waals surface area contributed by atoms with Gasteiger partial charge in [-0.15, -0.1) is 11.3 Å². The van der Waals surface area contributed by atoms with Gasteiger partial charge in [-0.1, -0.05) is 31.5 Å². The molecule has 0 saturated carbocycles. The molecule has 0 bridgehead atoms. The van der Waals surface area contributed by atoms with Gasteiger partial charge in [0.15, 0.2) is 5.13 Å². The topological polar surface area (TPSA) is 79.4 Å². The molecule has 8 heteroatoms. The van der Waals surface area contributed by atoms with Crippen molar-refractivity contribution >= 4 is 32.4 Å². The number of amides is 1. The summed E-state index contributed by atoms with van der Waals surface area (Å²) in [5.41, 5.74) is 1.91. The van der Waals surface area contributed by atoms with Crippen LogP contribution in [0.25, 0.3) is 0 Å². The second-order valence-electron chi connectivity index (χ2n) is 6.79. The molecule has 27 heavy (non-hydrogen) atoms. The normalized spacial score (nSPS) is 15.0. The van der Waals surface area contributed by atoms with Gasteiger partial charge >= 0.3 is 0 Å². The molecule has 1 aromatic heterocycles. The molecule has 1 aliphatic rings. The van der Waals surface area contributed by atoms with Crippen LogP contribution in [-0.4, -0.2) is 30.2 Å². The highest BCUT2D eigenvalue weighted by molar-refractivity contribution is 7.89. The van der Waals surface area contributed by atoms with Gasteiger partial charge in [-0.25, -0.2) is 13.4 Å². The van der Waals surface area contributed by atoms with E-state index in [2.05, 4.69) is 10.3 Å². The maximum absolute atomic E-state index is 12.9. The van der Waals surface area contributed by atoms with E-state index in [9.17, 15) is 13.2 Å². The van der Waals surface area contributed by atoms with Crippen molar-refractivity contribution in [2.75, 3.05) is 11.9 Å². The molecule has 2 aromatic rings. The van der Waals surface area contributed by atoms with E-state index < -0.39 is 10.0 Å². The molecule has 1 amide bonds. The van der Waals surface area contributed by atoms with Crippen LogP contribution in [0.15, 0.2) is 29.2 Å².